The van der Waals surface area contributed by atoms with Crippen LogP contribution in [0, 0.1) is 6.92 Å². The van der Waals surface area contributed by atoms with Crippen LogP contribution in [0.5, 0.6) is 0 Å². The Morgan fingerprint density at radius 1 is 0.875 bits per heavy atom. The van der Waals surface area contributed by atoms with Crippen LogP contribution < -0.4 is 0 Å². The van der Waals surface area contributed by atoms with Crippen molar-refractivity contribution < 1.29 is 9.32 Å². The molecule has 0 saturated carbocycles. The van der Waals surface area contributed by atoms with Crippen LogP contribution in [-0.2, 0) is 17.2 Å². The van der Waals surface area contributed by atoms with Gasteiger partial charge in [-0.3, -0.25) is 0 Å². The fourth-order valence-electron chi connectivity index (χ4n) is 2.64. The van der Waals surface area contributed by atoms with E-state index in [0.717, 1.165) is 26.5 Å². The van der Waals surface area contributed by atoms with Gasteiger partial charge in [-0.2, -0.15) is 0 Å². The Labute approximate surface area is 145 Å². The van der Waals surface area contributed by atoms with E-state index in [1.54, 1.807) is 0 Å². The summed E-state index contributed by atoms with van der Waals surface area (Å²) in [4.78, 5) is 1.54. The lowest BCUT2D eigenvalue weighted by molar-refractivity contribution is 0.177. The molecule has 0 amide bonds. The van der Waals surface area contributed by atoms with Gasteiger partial charge < -0.3 is 5.11 Å². The standard InChI is InChI=1S/C21H20O2S/c1-16-11-13-19(14-12-16)24(23)21-10-6-5-9-18(21)15-20(22)17-7-3-2-4-8-17/h2-14,20,22H,15H2,1H3/t20-,24?/m1/s1. The highest BCUT2D eigenvalue weighted by Crippen LogP contribution is 2.25. The summed E-state index contributed by atoms with van der Waals surface area (Å²) < 4.78 is 12.9. The first kappa shape index (κ1) is 16.6. The molecule has 1 N–H and O–H groups in total. The molecule has 0 aliphatic carbocycles. The molecule has 2 atom stereocenters. The highest BCUT2D eigenvalue weighted by molar-refractivity contribution is 7.85. The number of hydrogen-bond acceptors (Lipinski definition) is 2. The van der Waals surface area contributed by atoms with Crippen molar-refractivity contribution in [2.24, 2.45) is 0 Å². The van der Waals surface area contributed by atoms with Crippen molar-refractivity contribution in [2.75, 3.05) is 0 Å². The molecule has 0 heterocycles. The lowest BCUT2D eigenvalue weighted by Crippen LogP contribution is -2.05. The Hall–Kier alpha value is -2.23. The molecule has 3 aromatic rings. The van der Waals surface area contributed by atoms with Crippen molar-refractivity contribution >= 4 is 10.8 Å². The molecule has 0 spiro atoms. The minimum atomic E-state index is -1.25. The van der Waals surface area contributed by atoms with Gasteiger partial charge in [-0.05, 0) is 36.2 Å². The van der Waals surface area contributed by atoms with Crippen molar-refractivity contribution in [3.05, 3.63) is 95.6 Å². The highest BCUT2D eigenvalue weighted by atomic mass is 32.2. The first-order chi connectivity index (χ1) is 11.6. The molecule has 122 valence electrons. The van der Waals surface area contributed by atoms with E-state index in [0.29, 0.717) is 6.42 Å². The summed E-state index contributed by atoms with van der Waals surface area (Å²) in [7, 11) is -1.25. The second kappa shape index (κ2) is 7.56. The number of hydrogen-bond donors (Lipinski definition) is 1. The zero-order chi connectivity index (χ0) is 16.9. The van der Waals surface area contributed by atoms with E-state index in [2.05, 4.69) is 0 Å². The lowest BCUT2D eigenvalue weighted by atomic mass is 10.0. The molecule has 0 fully saturated rings. The van der Waals surface area contributed by atoms with Gasteiger partial charge in [0.1, 0.15) is 0 Å². The van der Waals surface area contributed by atoms with Crippen molar-refractivity contribution in [2.45, 2.75) is 29.2 Å². The molecule has 0 aliphatic rings. The number of benzene rings is 3. The molecule has 0 aromatic heterocycles. The summed E-state index contributed by atoms with van der Waals surface area (Å²) in [6, 6.07) is 24.9. The van der Waals surface area contributed by atoms with E-state index in [1.165, 1.54) is 0 Å². The van der Waals surface area contributed by atoms with Gasteiger partial charge >= 0.3 is 0 Å². The summed E-state index contributed by atoms with van der Waals surface area (Å²) >= 11 is 0. The molecular formula is C21H20O2S. The first-order valence-corrected chi connectivity index (χ1v) is 9.09. The molecule has 0 bridgehead atoms. The molecule has 0 saturated heterocycles. The fraction of sp³-hybridized carbons (Fsp3) is 0.143. The largest absolute Gasteiger partial charge is 0.388 e. The summed E-state index contributed by atoms with van der Waals surface area (Å²) in [6.07, 6.45) is -0.167. The molecular weight excluding hydrogens is 316 g/mol. The van der Waals surface area contributed by atoms with Crippen LogP contribution in [0.1, 0.15) is 22.8 Å². The Morgan fingerprint density at radius 2 is 1.50 bits per heavy atom. The second-order valence-corrected chi connectivity index (χ2v) is 7.27. The summed E-state index contributed by atoms with van der Waals surface area (Å²) in [5.41, 5.74) is 2.92. The van der Waals surface area contributed by atoms with Gasteiger partial charge in [0, 0.05) is 16.2 Å². The van der Waals surface area contributed by atoms with E-state index in [-0.39, 0.29) is 0 Å². The van der Waals surface area contributed by atoms with Gasteiger partial charge in [0.05, 0.1) is 16.9 Å². The maximum atomic E-state index is 12.9. The van der Waals surface area contributed by atoms with Crippen molar-refractivity contribution in [3.8, 4) is 0 Å². The predicted octanol–water partition coefficient (Wildman–Crippen LogP) is 4.44. The summed E-state index contributed by atoms with van der Waals surface area (Å²) in [5.74, 6) is 0. The quantitative estimate of drug-likeness (QED) is 0.748. The van der Waals surface area contributed by atoms with E-state index in [4.69, 9.17) is 0 Å². The molecule has 0 aliphatic heterocycles. The molecule has 2 nitrogen and oxygen atoms in total. The zero-order valence-electron chi connectivity index (χ0n) is 13.6. The Bertz CT molecular complexity index is 826. The first-order valence-electron chi connectivity index (χ1n) is 7.94. The number of aliphatic hydroxyl groups is 1. The Balaban J connectivity index is 1.88. The molecule has 0 radical (unpaired) electrons. The monoisotopic (exact) mass is 336 g/mol. The maximum Gasteiger partial charge on any atom is 0.0852 e. The average molecular weight is 336 g/mol. The third-order valence-corrected chi connectivity index (χ3v) is 5.50. The average Bonchev–Trinajstić information content (AvgIpc) is 2.63. The van der Waals surface area contributed by atoms with Crippen molar-refractivity contribution in [1.29, 1.82) is 0 Å². The number of aryl methyl sites for hydroxylation is 1. The Kier molecular flexibility index (Phi) is 5.24. The predicted molar refractivity (Wildman–Crippen MR) is 97.4 cm³/mol. The van der Waals surface area contributed by atoms with Crippen LogP contribution in [0.25, 0.3) is 0 Å². The van der Waals surface area contributed by atoms with Gasteiger partial charge in [-0.25, -0.2) is 4.21 Å². The van der Waals surface area contributed by atoms with Crippen LogP contribution in [0.4, 0.5) is 0 Å². The van der Waals surface area contributed by atoms with Crippen molar-refractivity contribution in [1.82, 2.24) is 0 Å². The maximum absolute atomic E-state index is 12.9. The third-order valence-electron chi connectivity index (χ3n) is 4.01. The van der Waals surface area contributed by atoms with E-state index in [1.807, 2.05) is 85.8 Å². The van der Waals surface area contributed by atoms with Gasteiger partial charge in [0.2, 0.25) is 0 Å². The molecule has 3 rings (SSSR count). The van der Waals surface area contributed by atoms with Gasteiger partial charge in [-0.15, -0.1) is 0 Å². The normalized spacial score (nSPS) is 13.4. The molecule has 3 aromatic carbocycles. The minimum absolute atomic E-state index is 0.442. The van der Waals surface area contributed by atoms with Crippen molar-refractivity contribution in [3.63, 3.8) is 0 Å². The molecule has 3 heteroatoms. The van der Waals surface area contributed by atoms with Gasteiger partial charge in [0.15, 0.2) is 0 Å². The van der Waals surface area contributed by atoms with Crippen LogP contribution >= 0.6 is 0 Å². The topological polar surface area (TPSA) is 37.3 Å². The third kappa shape index (κ3) is 3.81. The molecule has 24 heavy (non-hydrogen) atoms. The van der Waals surface area contributed by atoms with Crippen LogP contribution in [0.2, 0.25) is 0 Å². The van der Waals surface area contributed by atoms with E-state index >= 15 is 0 Å². The Morgan fingerprint density at radius 3 is 2.21 bits per heavy atom. The zero-order valence-corrected chi connectivity index (χ0v) is 14.4. The summed E-state index contributed by atoms with van der Waals surface area (Å²) in [6.45, 7) is 2.01. The number of aliphatic hydroxyl groups excluding tert-OH is 1. The van der Waals surface area contributed by atoms with E-state index < -0.39 is 16.9 Å². The highest BCUT2D eigenvalue weighted by Gasteiger charge is 2.15. The smallest absolute Gasteiger partial charge is 0.0852 e. The SMILES string of the molecule is Cc1ccc(S(=O)c2ccccc2C[C@@H](O)c2ccccc2)cc1. The van der Waals surface area contributed by atoms with E-state index in [9.17, 15) is 9.32 Å². The van der Waals surface area contributed by atoms with Gasteiger partial charge in [-0.1, -0.05) is 66.2 Å². The van der Waals surface area contributed by atoms with Gasteiger partial charge in [0.25, 0.3) is 0 Å². The van der Waals surface area contributed by atoms with Crippen LogP contribution in [-0.4, -0.2) is 9.32 Å². The fourth-order valence-corrected chi connectivity index (χ4v) is 3.87. The summed E-state index contributed by atoms with van der Waals surface area (Å²) in [5, 5.41) is 10.5. The number of rotatable bonds is 5. The molecule has 1 unspecified atom stereocenters. The van der Waals surface area contributed by atoms with Crippen LogP contribution in [0.3, 0.4) is 0 Å². The second-order valence-electron chi connectivity index (χ2n) is 5.82. The van der Waals surface area contributed by atoms with Crippen LogP contribution in [0.15, 0.2) is 88.7 Å². The minimum Gasteiger partial charge on any atom is -0.388 e. The lowest BCUT2D eigenvalue weighted by Gasteiger charge is -2.14.